The van der Waals surface area contributed by atoms with E-state index in [9.17, 15) is 4.79 Å². The number of ether oxygens (including phenoxy) is 1. The van der Waals surface area contributed by atoms with Gasteiger partial charge in [0.1, 0.15) is 5.75 Å². The van der Waals surface area contributed by atoms with Crippen LogP contribution < -0.4 is 15.8 Å². The zero-order chi connectivity index (χ0) is 15.4. The predicted octanol–water partition coefficient (Wildman–Crippen LogP) is 3.67. The van der Waals surface area contributed by atoms with Crippen LogP contribution in [0, 0.1) is 13.8 Å². The molecule has 0 saturated heterocycles. The second kappa shape index (κ2) is 6.63. The summed E-state index contributed by atoms with van der Waals surface area (Å²) in [6.07, 6.45) is 0. The first-order valence-corrected chi connectivity index (χ1v) is 7.30. The molecular weight excluding hydrogens is 332 g/mol. The van der Waals surface area contributed by atoms with Gasteiger partial charge in [0, 0.05) is 4.47 Å². The third kappa shape index (κ3) is 4.23. The fourth-order valence-corrected chi connectivity index (χ4v) is 2.38. The van der Waals surface area contributed by atoms with Gasteiger partial charge >= 0.3 is 0 Å². The van der Waals surface area contributed by atoms with E-state index in [0.29, 0.717) is 17.1 Å². The van der Waals surface area contributed by atoms with Gasteiger partial charge in [-0.05, 0) is 55.3 Å². The van der Waals surface area contributed by atoms with Crippen LogP contribution in [-0.2, 0) is 4.79 Å². The molecule has 21 heavy (non-hydrogen) atoms. The fourth-order valence-electron chi connectivity index (χ4n) is 1.90. The lowest BCUT2D eigenvalue weighted by atomic mass is 10.2. The van der Waals surface area contributed by atoms with Crippen molar-refractivity contribution in [1.82, 2.24) is 0 Å². The van der Waals surface area contributed by atoms with Gasteiger partial charge in [0.25, 0.3) is 5.91 Å². The zero-order valence-electron chi connectivity index (χ0n) is 11.9. The summed E-state index contributed by atoms with van der Waals surface area (Å²) >= 11 is 3.39. The van der Waals surface area contributed by atoms with E-state index < -0.39 is 0 Å². The van der Waals surface area contributed by atoms with Gasteiger partial charge in [0.15, 0.2) is 6.61 Å². The molecule has 0 aliphatic carbocycles. The summed E-state index contributed by atoms with van der Waals surface area (Å²) < 4.78 is 6.49. The summed E-state index contributed by atoms with van der Waals surface area (Å²) in [5, 5.41) is 2.74. The summed E-state index contributed by atoms with van der Waals surface area (Å²) in [6.45, 7) is 3.81. The molecule has 0 aliphatic heterocycles. The van der Waals surface area contributed by atoms with Gasteiger partial charge in [-0.25, -0.2) is 0 Å². The van der Waals surface area contributed by atoms with Gasteiger partial charge in [-0.1, -0.05) is 22.0 Å². The van der Waals surface area contributed by atoms with Crippen molar-refractivity contribution in [3.8, 4) is 5.75 Å². The second-order valence-electron chi connectivity index (χ2n) is 4.84. The zero-order valence-corrected chi connectivity index (χ0v) is 13.5. The Morgan fingerprint density at radius 1 is 1.24 bits per heavy atom. The summed E-state index contributed by atoms with van der Waals surface area (Å²) in [5.41, 5.74) is 9.01. The number of rotatable bonds is 4. The standard InChI is InChI=1S/C16H17BrN2O2/c1-10-3-5-14(13(18)7-10)19-16(20)9-21-15-6-4-12(17)8-11(15)2/h3-8H,9,18H2,1-2H3,(H,19,20). The number of carbonyl (C=O) groups is 1. The molecule has 4 nitrogen and oxygen atoms in total. The molecule has 2 aromatic rings. The highest BCUT2D eigenvalue weighted by atomic mass is 79.9. The Morgan fingerprint density at radius 3 is 2.67 bits per heavy atom. The van der Waals surface area contributed by atoms with Gasteiger partial charge in [-0.3, -0.25) is 4.79 Å². The molecule has 5 heteroatoms. The van der Waals surface area contributed by atoms with Gasteiger partial charge in [-0.2, -0.15) is 0 Å². The van der Waals surface area contributed by atoms with E-state index in [1.54, 1.807) is 6.07 Å². The Bertz CT molecular complexity index is 671. The SMILES string of the molecule is Cc1ccc(NC(=O)COc2ccc(Br)cc2C)c(N)c1. The van der Waals surface area contributed by atoms with Crippen molar-refractivity contribution in [2.45, 2.75) is 13.8 Å². The highest BCUT2D eigenvalue weighted by Gasteiger charge is 2.07. The lowest BCUT2D eigenvalue weighted by Crippen LogP contribution is -2.21. The van der Waals surface area contributed by atoms with Crippen LogP contribution >= 0.6 is 15.9 Å². The van der Waals surface area contributed by atoms with E-state index in [-0.39, 0.29) is 12.5 Å². The molecule has 0 aliphatic rings. The van der Waals surface area contributed by atoms with E-state index in [0.717, 1.165) is 15.6 Å². The highest BCUT2D eigenvalue weighted by Crippen LogP contribution is 2.22. The number of amides is 1. The lowest BCUT2D eigenvalue weighted by Gasteiger charge is -2.11. The molecule has 1 amide bonds. The number of carbonyl (C=O) groups excluding carboxylic acids is 1. The van der Waals surface area contributed by atoms with Crippen LogP contribution in [0.15, 0.2) is 40.9 Å². The molecule has 2 aromatic carbocycles. The molecular formula is C16H17BrN2O2. The Labute approximate surface area is 132 Å². The van der Waals surface area contributed by atoms with E-state index in [4.69, 9.17) is 10.5 Å². The molecule has 0 atom stereocenters. The number of halogens is 1. The van der Waals surface area contributed by atoms with Crippen molar-refractivity contribution in [1.29, 1.82) is 0 Å². The first-order chi connectivity index (χ1) is 9.95. The molecule has 0 aromatic heterocycles. The fraction of sp³-hybridized carbons (Fsp3) is 0.188. The smallest absolute Gasteiger partial charge is 0.262 e. The summed E-state index contributed by atoms with van der Waals surface area (Å²) in [4.78, 5) is 11.9. The topological polar surface area (TPSA) is 64.3 Å². The van der Waals surface area contributed by atoms with Crippen LogP contribution in [0.3, 0.4) is 0 Å². The molecule has 0 radical (unpaired) electrons. The van der Waals surface area contributed by atoms with Crippen molar-refractivity contribution in [2.24, 2.45) is 0 Å². The average Bonchev–Trinajstić information content (AvgIpc) is 2.41. The number of nitrogens with two attached hydrogens (primary N) is 1. The molecule has 110 valence electrons. The third-order valence-electron chi connectivity index (χ3n) is 2.98. The number of hydrogen-bond acceptors (Lipinski definition) is 3. The van der Waals surface area contributed by atoms with E-state index in [1.807, 2.05) is 44.2 Å². The minimum absolute atomic E-state index is 0.0597. The van der Waals surface area contributed by atoms with Crippen LogP contribution in [-0.4, -0.2) is 12.5 Å². The maximum atomic E-state index is 11.9. The Morgan fingerprint density at radius 2 is 2.00 bits per heavy atom. The van der Waals surface area contributed by atoms with Gasteiger partial charge in [0.05, 0.1) is 11.4 Å². The molecule has 0 unspecified atom stereocenters. The number of benzene rings is 2. The minimum atomic E-state index is -0.243. The number of aryl methyl sites for hydroxylation is 2. The van der Waals surface area contributed by atoms with Crippen molar-refractivity contribution in [2.75, 3.05) is 17.7 Å². The predicted molar refractivity (Wildman–Crippen MR) is 88.6 cm³/mol. The first-order valence-electron chi connectivity index (χ1n) is 6.50. The van der Waals surface area contributed by atoms with E-state index in [2.05, 4.69) is 21.2 Å². The van der Waals surface area contributed by atoms with Crippen LogP contribution in [0.5, 0.6) is 5.75 Å². The van der Waals surface area contributed by atoms with E-state index >= 15 is 0 Å². The molecule has 0 fully saturated rings. The van der Waals surface area contributed by atoms with Crippen molar-refractivity contribution in [3.63, 3.8) is 0 Å². The van der Waals surface area contributed by atoms with Crippen LogP contribution in [0.1, 0.15) is 11.1 Å². The number of nitrogen functional groups attached to an aromatic ring is 1. The molecule has 2 rings (SSSR count). The Hall–Kier alpha value is -2.01. The number of hydrogen-bond donors (Lipinski definition) is 2. The van der Waals surface area contributed by atoms with Gasteiger partial charge in [-0.15, -0.1) is 0 Å². The van der Waals surface area contributed by atoms with Crippen molar-refractivity contribution < 1.29 is 9.53 Å². The number of nitrogens with one attached hydrogen (secondary N) is 1. The minimum Gasteiger partial charge on any atom is -0.483 e. The summed E-state index contributed by atoms with van der Waals surface area (Å²) in [5.74, 6) is 0.443. The van der Waals surface area contributed by atoms with Gasteiger partial charge < -0.3 is 15.8 Å². The normalized spacial score (nSPS) is 10.2. The summed E-state index contributed by atoms with van der Waals surface area (Å²) in [6, 6.07) is 11.1. The lowest BCUT2D eigenvalue weighted by molar-refractivity contribution is -0.118. The third-order valence-corrected chi connectivity index (χ3v) is 3.47. The second-order valence-corrected chi connectivity index (χ2v) is 5.75. The molecule has 0 spiro atoms. The number of anilines is 2. The average molecular weight is 349 g/mol. The maximum absolute atomic E-state index is 11.9. The Balaban J connectivity index is 1.96. The van der Waals surface area contributed by atoms with Crippen LogP contribution in [0.4, 0.5) is 11.4 Å². The largest absolute Gasteiger partial charge is 0.483 e. The highest BCUT2D eigenvalue weighted by molar-refractivity contribution is 9.10. The quantitative estimate of drug-likeness (QED) is 0.828. The van der Waals surface area contributed by atoms with Crippen LogP contribution in [0.2, 0.25) is 0 Å². The first kappa shape index (κ1) is 15.4. The summed E-state index contributed by atoms with van der Waals surface area (Å²) in [7, 11) is 0. The van der Waals surface area contributed by atoms with E-state index in [1.165, 1.54) is 0 Å². The molecule has 0 bridgehead atoms. The van der Waals surface area contributed by atoms with Crippen LogP contribution in [0.25, 0.3) is 0 Å². The van der Waals surface area contributed by atoms with Crippen molar-refractivity contribution in [3.05, 3.63) is 52.0 Å². The van der Waals surface area contributed by atoms with Crippen molar-refractivity contribution >= 4 is 33.2 Å². The molecule has 0 saturated carbocycles. The Kier molecular flexibility index (Phi) is 4.85. The molecule has 0 heterocycles. The maximum Gasteiger partial charge on any atom is 0.262 e. The van der Waals surface area contributed by atoms with Gasteiger partial charge in [0.2, 0.25) is 0 Å². The molecule has 3 N–H and O–H groups in total. The monoisotopic (exact) mass is 348 g/mol.